The average Bonchev–Trinajstić information content (AvgIpc) is 2.93. The Balaban J connectivity index is 2.30. The van der Waals surface area contributed by atoms with Crippen LogP contribution in [-0.4, -0.2) is 26.8 Å². The highest BCUT2D eigenvalue weighted by Crippen LogP contribution is 2.33. The minimum Gasteiger partial charge on any atom is -0.459 e. The lowest BCUT2D eigenvalue weighted by Crippen LogP contribution is -2.11. The fourth-order valence-electron chi connectivity index (χ4n) is 1.81. The standard InChI is InChI=1S/C15H13F3IN3O2S/c1-8(2)24-14(23)12(19)6-22-7-20-13(21-22)9-3-10(15(16,17)18)5-11(25)4-9/h3-8,25H,1-2H3/b12-6-. The lowest BCUT2D eigenvalue weighted by molar-refractivity contribution is -0.141. The fraction of sp³-hybridized carbons (Fsp3) is 0.267. The van der Waals surface area contributed by atoms with Crippen molar-refractivity contribution in [3.8, 4) is 11.4 Å². The van der Waals surface area contributed by atoms with Gasteiger partial charge in [-0.1, -0.05) is 0 Å². The maximum absolute atomic E-state index is 12.9. The summed E-state index contributed by atoms with van der Waals surface area (Å²) >= 11 is 5.78. The maximum Gasteiger partial charge on any atom is 0.416 e. The third-order valence-corrected chi connectivity index (χ3v) is 3.77. The number of esters is 1. The molecule has 2 aromatic rings. The highest BCUT2D eigenvalue weighted by molar-refractivity contribution is 14.1. The molecule has 0 unspecified atom stereocenters. The number of nitrogens with zero attached hydrogens (tertiary/aromatic N) is 3. The monoisotopic (exact) mass is 483 g/mol. The van der Waals surface area contributed by atoms with Crippen LogP contribution in [0.3, 0.4) is 0 Å². The number of thiol groups is 1. The van der Waals surface area contributed by atoms with Crippen molar-refractivity contribution in [1.82, 2.24) is 14.8 Å². The Morgan fingerprint density at radius 1 is 1.36 bits per heavy atom. The van der Waals surface area contributed by atoms with Gasteiger partial charge in [-0.3, -0.25) is 0 Å². The van der Waals surface area contributed by atoms with E-state index in [1.165, 1.54) is 23.3 Å². The Morgan fingerprint density at radius 3 is 2.64 bits per heavy atom. The van der Waals surface area contributed by atoms with E-state index in [1.807, 2.05) is 0 Å². The summed E-state index contributed by atoms with van der Waals surface area (Å²) in [7, 11) is 0. The highest BCUT2D eigenvalue weighted by atomic mass is 127. The van der Waals surface area contributed by atoms with Gasteiger partial charge in [0.1, 0.15) is 9.91 Å². The first-order valence-corrected chi connectivity index (χ1v) is 8.50. The third-order valence-electron chi connectivity index (χ3n) is 2.80. The number of hydrogen-bond acceptors (Lipinski definition) is 5. The molecule has 0 N–H and O–H groups in total. The highest BCUT2D eigenvalue weighted by Gasteiger charge is 2.31. The van der Waals surface area contributed by atoms with Gasteiger partial charge < -0.3 is 4.74 Å². The summed E-state index contributed by atoms with van der Waals surface area (Å²) < 4.78 is 45.2. The predicted molar refractivity (Wildman–Crippen MR) is 97.2 cm³/mol. The van der Waals surface area contributed by atoms with Crippen LogP contribution in [0.25, 0.3) is 17.6 Å². The minimum atomic E-state index is -4.49. The van der Waals surface area contributed by atoms with Crippen LogP contribution in [0.5, 0.6) is 0 Å². The molecule has 134 valence electrons. The molecule has 0 spiro atoms. The number of carbonyl (C=O) groups excluding carboxylic acids is 1. The van der Waals surface area contributed by atoms with Crippen molar-refractivity contribution in [3.63, 3.8) is 0 Å². The van der Waals surface area contributed by atoms with E-state index in [9.17, 15) is 18.0 Å². The molecule has 0 aliphatic heterocycles. The van der Waals surface area contributed by atoms with Crippen LogP contribution in [0.4, 0.5) is 13.2 Å². The van der Waals surface area contributed by atoms with Crippen molar-refractivity contribution in [1.29, 1.82) is 0 Å². The normalized spacial score (nSPS) is 12.6. The molecule has 1 heterocycles. The molecule has 0 saturated heterocycles. The van der Waals surface area contributed by atoms with E-state index >= 15 is 0 Å². The molecule has 1 aromatic carbocycles. The van der Waals surface area contributed by atoms with Crippen LogP contribution in [0, 0.1) is 0 Å². The minimum absolute atomic E-state index is 0.0825. The number of aromatic nitrogens is 3. The molecule has 0 amide bonds. The molecule has 0 aliphatic rings. The molecule has 0 bridgehead atoms. The summed E-state index contributed by atoms with van der Waals surface area (Å²) in [4.78, 5) is 15.9. The van der Waals surface area contributed by atoms with Crippen LogP contribution < -0.4 is 0 Å². The fourth-order valence-corrected chi connectivity index (χ4v) is 2.50. The zero-order valence-corrected chi connectivity index (χ0v) is 16.1. The van der Waals surface area contributed by atoms with Gasteiger partial charge in [0, 0.05) is 10.5 Å². The Labute approximate surface area is 160 Å². The summed E-state index contributed by atoms with van der Waals surface area (Å²) in [5, 5.41) is 4.06. The number of alkyl halides is 3. The van der Waals surface area contributed by atoms with E-state index in [4.69, 9.17) is 4.74 Å². The third kappa shape index (κ3) is 5.46. The Bertz CT molecular complexity index is 819. The summed E-state index contributed by atoms with van der Waals surface area (Å²) in [6, 6.07) is 3.30. The Kier molecular flexibility index (Phi) is 6.14. The SMILES string of the molecule is CC(C)OC(=O)/C(I)=C/n1cnc(-c2cc(S)cc(C(F)(F)F)c2)n1. The zero-order valence-electron chi connectivity index (χ0n) is 13.1. The summed E-state index contributed by atoms with van der Waals surface area (Å²) in [6.45, 7) is 3.44. The number of rotatable bonds is 4. The van der Waals surface area contributed by atoms with Gasteiger partial charge in [0.05, 0.1) is 17.9 Å². The van der Waals surface area contributed by atoms with Crippen molar-refractivity contribution < 1.29 is 22.7 Å². The molecule has 0 aliphatic carbocycles. The molecule has 10 heteroatoms. The lowest BCUT2D eigenvalue weighted by atomic mass is 10.1. The van der Waals surface area contributed by atoms with E-state index < -0.39 is 17.7 Å². The first kappa shape index (κ1) is 19.8. The van der Waals surface area contributed by atoms with Gasteiger partial charge in [-0.2, -0.15) is 13.2 Å². The Morgan fingerprint density at radius 2 is 2.04 bits per heavy atom. The maximum atomic E-state index is 12.9. The van der Waals surface area contributed by atoms with Gasteiger partial charge in [0.25, 0.3) is 0 Å². The molecule has 5 nitrogen and oxygen atoms in total. The van der Waals surface area contributed by atoms with Crippen molar-refractivity contribution in [2.75, 3.05) is 0 Å². The second-order valence-corrected chi connectivity index (χ2v) is 6.92. The van der Waals surface area contributed by atoms with Gasteiger partial charge in [0.15, 0.2) is 5.82 Å². The number of ether oxygens (including phenoxy) is 1. The van der Waals surface area contributed by atoms with E-state index in [0.29, 0.717) is 0 Å². The zero-order chi connectivity index (χ0) is 18.8. The summed E-state index contributed by atoms with van der Waals surface area (Å²) in [5.74, 6) is -0.441. The molecule has 25 heavy (non-hydrogen) atoms. The predicted octanol–water partition coefficient (Wildman–Crippen LogP) is 4.44. The number of halogens is 4. The number of hydrogen-bond donors (Lipinski definition) is 1. The van der Waals surface area contributed by atoms with Crippen molar-refractivity contribution >= 4 is 47.4 Å². The van der Waals surface area contributed by atoms with Gasteiger partial charge in [-0.15, -0.1) is 17.7 Å². The van der Waals surface area contributed by atoms with E-state index in [2.05, 4.69) is 22.7 Å². The largest absolute Gasteiger partial charge is 0.459 e. The van der Waals surface area contributed by atoms with Crippen LogP contribution in [0.1, 0.15) is 19.4 Å². The van der Waals surface area contributed by atoms with Crippen molar-refractivity contribution in [3.05, 3.63) is 33.7 Å². The van der Waals surface area contributed by atoms with E-state index in [1.54, 1.807) is 36.4 Å². The molecular formula is C15H13F3IN3O2S. The molecular weight excluding hydrogens is 470 g/mol. The number of benzene rings is 1. The summed E-state index contributed by atoms with van der Waals surface area (Å²) in [6.07, 6.45) is -2.10. The van der Waals surface area contributed by atoms with Crippen LogP contribution in [-0.2, 0) is 15.7 Å². The van der Waals surface area contributed by atoms with Crippen molar-refractivity contribution in [2.24, 2.45) is 0 Å². The molecule has 0 atom stereocenters. The summed E-state index contributed by atoms with van der Waals surface area (Å²) in [5.41, 5.74) is -0.663. The molecule has 0 saturated carbocycles. The van der Waals surface area contributed by atoms with Crippen LogP contribution in [0.2, 0.25) is 0 Å². The second-order valence-electron chi connectivity index (χ2n) is 5.25. The lowest BCUT2D eigenvalue weighted by Gasteiger charge is -2.08. The quantitative estimate of drug-likeness (QED) is 0.303. The van der Waals surface area contributed by atoms with Gasteiger partial charge in [-0.25, -0.2) is 14.5 Å². The molecule has 2 rings (SSSR count). The number of carbonyl (C=O) groups is 1. The van der Waals surface area contributed by atoms with Crippen LogP contribution >= 0.6 is 35.2 Å². The molecule has 1 aromatic heterocycles. The van der Waals surface area contributed by atoms with Gasteiger partial charge in [-0.05, 0) is 54.6 Å². The van der Waals surface area contributed by atoms with E-state index in [-0.39, 0.29) is 26.0 Å². The first-order valence-electron chi connectivity index (χ1n) is 6.97. The van der Waals surface area contributed by atoms with E-state index in [0.717, 1.165) is 12.1 Å². The van der Waals surface area contributed by atoms with Crippen LogP contribution in [0.15, 0.2) is 33.0 Å². The van der Waals surface area contributed by atoms with Crippen molar-refractivity contribution in [2.45, 2.75) is 31.0 Å². The molecule has 0 fully saturated rings. The first-order chi connectivity index (χ1) is 11.6. The van der Waals surface area contributed by atoms with Gasteiger partial charge >= 0.3 is 12.1 Å². The topological polar surface area (TPSA) is 57.0 Å². The molecule has 0 radical (unpaired) electrons. The second kappa shape index (κ2) is 7.77. The van der Waals surface area contributed by atoms with Gasteiger partial charge in [0.2, 0.25) is 0 Å². The Hall–Kier alpha value is -1.56. The average molecular weight is 483 g/mol. The smallest absolute Gasteiger partial charge is 0.416 e.